The first-order valence-corrected chi connectivity index (χ1v) is 18.4. The predicted molar refractivity (Wildman–Crippen MR) is 175 cm³/mol. The van der Waals surface area contributed by atoms with E-state index in [9.17, 15) is 30.3 Å². The highest BCUT2D eigenvalue weighted by Crippen LogP contribution is 2.70. The monoisotopic (exact) mass is 646 g/mol. The van der Waals surface area contributed by atoms with Gasteiger partial charge in [-0.25, -0.2) is 0 Å². The van der Waals surface area contributed by atoms with Crippen molar-refractivity contribution in [2.45, 2.75) is 159 Å². The first-order valence-electron chi connectivity index (χ1n) is 18.4. The van der Waals surface area contributed by atoms with E-state index in [1.165, 1.54) is 0 Å². The summed E-state index contributed by atoms with van der Waals surface area (Å²) in [5.74, 6) is 0.0118. The Labute approximate surface area is 275 Å². The van der Waals surface area contributed by atoms with Gasteiger partial charge in [0.2, 0.25) is 0 Å². The summed E-state index contributed by atoms with van der Waals surface area (Å²) >= 11 is 0. The third kappa shape index (κ3) is 5.12. The van der Waals surface area contributed by atoms with Gasteiger partial charge < -0.3 is 41.3 Å². The smallest absolute Gasteiger partial charge is 0.159 e. The van der Waals surface area contributed by atoms with Gasteiger partial charge in [0.05, 0.1) is 35.7 Å². The van der Waals surface area contributed by atoms with Crippen molar-refractivity contribution in [3.8, 4) is 0 Å². The van der Waals surface area contributed by atoms with Gasteiger partial charge >= 0.3 is 0 Å². The highest BCUT2D eigenvalue weighted by molar-refractivity contribution is 5.95. The molecular formula is C37H62N2O7. The van der Waals surface area contributed by atoms with Crippen molar-refractivity contribution in [1.29, 1.82) is 0 Å². The lowest BCUT2D eigenvalue weighted by Crippen LogP contribution is -2.62. The normalized spacial score (nSPS) is 47.8. The Hall–Kier alpha value is -0.910. The summed E-state index contributed by atoms with van der Waals surface area (Å²) in [5, 5.41) is 62.0. The van der Waals surface area contributed by atoms with E-state index in [1.54, 1.807) is 13.0 Å². The molecular weight excluding hydrogens is 584 g/mol. The van der Waals surface area contributed by atoms with Gasteiger partial charge in [0, 0.05) is 16.7 Å². The zero-order valence-corrected chi connectivity index (χ0v) is 28.9. The van der Waals surface area contributed by atoms with Crippen LogP contribution in [0, 0.1) is 39.9 Å². The fraction of sp³-hybridized carbons (Fsp3) is 0.919. The number of aliphatic hydroxyl groups excluding tert-OH is 2. The average molecular weight is 647 g/mol. The Morgan fingerprint density at radius 2 is 1.76 bits per heavy atom. The van der Waals surface area contributed by atoms with Crippen molar-refractivity contribution in [2.75, 3.05) is 13.2 Å². The van der Waals surface area contributed by atoms with Crippen LogP contribution in [0.3, 0.4) is 0 Å². The molecule has 14 unspecified atom stereocenters. The van der Waals surface area contributed by atoms with Gasteiger partial charge in [0.25, 0.3) is 0 Å². The van der Waals surface area contributed by atoms with Crippen LogP contribution in [0.15, 0.2) is 11.6 Å². The standard InChI is InChI=1S/C37H62N2O7/c1-6-12-36(44,31-30(46-31)35(5,43)32(2,21-40)13-7-22-11-17-39-29(38)18-22)28-10-16-37(45)25-20-27(42)26-19-23(41)8-14-33(26,3)24(25)9-15-34(28,37)4/h20,22-24,26,28-31,39-41,43-45H,6-19,21,38H2,1-5H3. The van der Waals surface area contributed by atoms with Gasteiger partial charge in [-0.2, -0.15) is 0 Å². The number of ether oxygens (including phenoxy) is 1. The zero-order chi connectivity index (χ0) is 33.5. The second-order valence-electron chi connectivity index (χ2n) is 17.5. The molecule has 0 amide bonds. The molecule has 46 heavy (non-hydrogen) atoms. The minimum Gasteiger partial charge on any atom is -0.396 e. The third-order valence-electron chi connectivity index (χ3n) is 15.1. The summed E-state index contributed by atoms with van der Waals surface area (Å²) in [6, 6.07) is 0. The van der Waals surface area contributed by atoms with Crippen molar-refractivity contribution >= 4 is 5.78 Å². The van der Waals surface area contributed by atoms with Crippen LogP contribution in [0.2, 0.25) is 0 Å². The van der Waals surface area contributed by atoms with E-state index in [-0.39, 0.29) is 41.7 Å². The molecule has 9 heteroatoms. The number of hydrogen-bond acceptors (Lipinski definition) is 9. The molecule has 0 radical (unpaired) electrons. The van der Waals surface area contributed by atoms with E-state index in [0.29, 0.717) is 44.4 Å². The number of nitrogens with two attached hydrogens (primary N) is 1. The maximum absolute atomic E-state index is 13.6. The SMILES string of the molecule is CCCC(O)(C1OC1C(C)(O)C(C)(CO)CCC1CCNC(N)C1)C1CCC2(O)C3=CC(=O)C4CC(O)CCC4(C)C3CCC12C. The van der Waals surface area contributed by atoms with E-state index in [0.717, 1.165) is 57.1 Å². The van der Waals surface area contributed by atoms with Crippen LogP contribution in [-0.2, 0) is 9.53 Å². The highest BCUT2D eigenvalue weighted by Gasteiger charge is 2.73. The lowest BCUT2D eigenvalue weighted by molar-refractivity contribution is -0.157. The lowest BCUT2D eigenvalue weighted by Gasteiger charge is -2.60. The molecule has 5 fully saturated rings. The summed E-state index contributed by atoms with van der Waals surface area (Å²) in [6.07, 6.45) is 9.09. The number of ketones is 1. The Morgan fingerprint density at radius 3 is 2.43 bits per heavy atom. The Balaban J connectivity index is 1.25. The van der Waals surface area contributed by atoms with E-state index in [4.69, 9.17) is 10.5 Å². The predicted octanol–water partition coefficient (Wildman–Crippen LogP) is 3.33. The minimum absolute atomic E-state index is 0.0221. The van der Waals surface area contributed by atoms with Gasteiger partial charge in [-0.15, -0.1) is 0 Å². The summed E-state index contributed by atoms with van der Waals surface area (Å²) in [7, 11) is 0. The molecule has 2 aliphatic heterocycles. The molecule has 4 aliphatic carbocycles. The molecule has 14 atom stereocenters. The van der Waals surface area contributed by atoms with Gasteiger partial charge in [-0.1, -0.05) is 34.1 Å². The molecule has 3 saturated carbocycles. The summed E-state index contributed by atoms with van der Waals surface area (Å²) in [4.78, 5) is 13.6. The molecule has 0 aromatic rings. The maximum atomic E-state index is 13.6. The second-order valence-corrected chi connectivity index (χ2v) is 17.5. The summed E-state index contributed by atoms with van der Waals surface area (Å²) < 4.78 is 6.33. The van der Waals surface area contributed by atoms with Crippen LogP contribution >= 0.6 is 0 Å². The Morgan fingerprint density at radius 1 is 1.02 bits per heavy atom. The second kappa shape index (κ2) is 11.9. The van der Waals surface area contributed by atoms with Gasteiger partial charge in [-0.3, -0.25) is 4.79 Å². The van der Waals surface area contributed by atoms with E-state index in [2.05, 4.69) is 19.2 Å². The van der Waals surface area contributed by atoms with Crippen LogP contribution in [0.4, 0.5) is 0 Å². The number of nitrogens with one attached hydrogen (secondary N) is 1. The van der Waals surface area contributed by atoms with Crippen LogP contribution in [-0.4, -0.2) is 85.7 Å². The molecule has 6 aliphatic rings. The number of hydrogen-bond donors (Lipinski definition) is 7. The molecule has 9 nitrogen and oxygen atoms in total. The fourth-order valence-corrected chi connectivity index (χ4v) is 11.6. The number of aliphatic hydroxyl groups is 5. The van der Waals surface area contributed by atoms with Crippen molar-refractivity contribution in [3.05, 3.63) is 11.6 Å². The third-order valence-corrected chi connectivity index (χ3v) is 15.1. The number of epoxide rings is 1. The van der Waals surface area contributed by atoms with Crippen molar-refractivity contribution < 1.29 is 35.1 Å². The molecule has 2 heterocycles. The number of allylic oxidation sites excluding steroid dienone is 1. The first-order chi connectivity index (χ1) is 21.5. The number of piperidine rings is 1. The molecule has 8 N–H and O–H groups in total. The zero-order valence-electron chi connectivity index (χ0n) is 28.9. The summed E-state index contributed by atoms with van der Waals surface area (Å²) in [5.41, 5.74) is 1.30. The number of carbonyl (C=O) groups excluding carboxylic acids is 1. The summed E-state index contributed by atoms with van der Waals surface area (Å²) in [6.45, 7) is 10.7. The maximum Gasteiger partial charge on any atom is 0.159 e. The molecule has 0 aromatic heterocycles. The number of carbonyl (C=O) groups is 1. The molecule has 0 aromatic carbocycles. The average Bonchev–Trinajstić information content (AvgIpc) is 3.77. The molecule has 0 bridgehead atoms. The Bertz CT molecular complexity index is 1210. The topological polar surface area (TPSA) is 169 Å². The van der Waals surface area contributed by atoms with Crippen LogP contribution in [0.25, 0.3) is 0 Å². The molecule has 0 spiro atoms. The van der Waals surface area contributed by atoms with E-state index in [1.807, 2.05) is 13.8 Å². The van der Waals surface area contributed by atoms with Crippen molar-refractivity contribution in [1.82, 2.24) is 5.32 Å². The van der Waals surface area contributed by atoms with Gasteiger partial charge in [0.15, 0.2) is 5.78 Å². The minimum atomic E-state index is -1.38. The van der Waals surface area contributed by atoms with Crippen LogP contribution in [0.5, 0.6) is 0 Å². The quantitative estimate of drug-likeness (QED) is 0.176. The van der Waals surface area contributed by atoms with Gasteiger partial charge in [0.1, 0.15) is 12.2 Å². The Kier molecular flexibility index (Phi) is 9.01. The van der Waals surface area contributed by atoms with E-state index >= 15 is 0 Å². The highest BCUT2D eigenvalue weighted by atomic mass is 16.6. The van der Waals surface area contributed by atoms with Crippen LogP contribution < -0.4 is 11.1 Å². The molecule has 6 rings (SSSR count). The van der Waals surface area contributed by atoms with Crippen molar-refractivity contribution in [3.63, 3.8) is 0 Å². The first kappa shape index (κ1) is 34.9. The number of fused-ring (bicyclic) bond motifs is 5. The lowest BCUT2D eigenvalue weighted by atomic mass is 9.45. The molecule has 262 valence electrons. The van der Waals surface area contributed by atoms with Crippen LogP contribution in [0.1, 0.15) is 118 Å². The van der Waals surface area contributed by atoms with Gasteiger partial charge in [-0.05, 0) is 125 Å². The largest absolute Gasteiger partial charge is 0.396 e. The number of rotatable bonds is 10. The fourth-order valence-electron chi connectivity index (χ4n) is 11.6. The molecule has 2 saturated heterocycles. The van der Waals surface area contributed by atoms with E-state index < -0.39 is 45.9 Å². The van der Waals surface area contributed by atoms with Crippen molar-refractivity contribution in [2.24, 2.45) is 45.7 Å².